The lowest BCUT2D eigenvalue weighted by atomic mass is 10.1. The van der Waals surface area contributed by atoms with Gasteiger partial charge in [0, 0.05) is 12.6 Å². The Morgan fingerprint density at radius 3 is 2.19 bits per heavy atom. The number of anilines is 2. The van der Waals surface area contributed by atoms with Crippen molar-refractivity contribution in [2.45, 2.75) is 51.5 Å². The monoisotopic (exact) mass is 313 g/mol. The molecule has 120 valence electrons. The molecule has 0 bridgehead atoms. The first-order chi connectivity index (χ1) is 9.70. The Balaban J connectivity index is 3.35. The van der Waals surface area contributed by atoms with Gasteiger partial charge in [0.15, 0.2) is 0 Å². The number of nitrogen functional groups attached to an aromatic ring is 1. The molecule has 0 fully saturated rings. The summed E-state index contributed by atoms with van der Waals surface area (Å²) >= 11 is 0. The molecule has 1 aromatic rings. The summed E-state index contributed by atoms with van der Waals surface area (Å²) in [6, 6.07) is 4.98. The summed E-state index contributed by atoms with van der Waals surface area (Å²) in [5.41, 5.74) is 7.41. The van der Waals surface area contributed by atoms with Gasteiger partial charge in [-0.05, 0) is 37.0 Å². The van der Waals surface area contributed by atoms with E-state index in [0.717, 1.165) is 25.1 Å². The van der Waals surface area contributed by atoms with E-state index in [4.69, 9.17) is 10.9 Å². The molecule has 1 aromatic carbocycles. The van der Waals surface area contributed by atoms with Gasteiger partial charge in [-0.1, -0.05) is 27.7 Å². The largest absolute Gasteiger partial charge is 0.397 e. The van der Waals surface area contributed by atoms with Crippen LogP contribution in [0.4, 0.5) is 11.4 Å². The molecule has 0 unspecified atom stereocenters. The van der Waals surface area contributed by atoms with Crippen molar-refractivity contribution < 1.29 is 8.42 Å². The lowest BCUT2D eigenvalue weighted by Crippen LogP contribution is -2.38. The van der Waals surface area contributed by atoms with Crippen molar-refractivity contribution in [3.63, 3.8) is 0 Å². The molecule has 0 saturated carbocycles. The van der Waals surface area contributed by atoms with Crippen LogP contribution in [0.2, 0.25) is 0 Å². The average Bonchev–Trinajstić information content (AvgIpc) is 2.37. The minimum atomic E-state index is -3.73. The van der Waals surface area contributed by atoms with Gasteiger partial charge in [-0.2, -0.15) is 0 Å². The molecule has 5 nitrogen and oxygen atoms in total. The first kappa shape index (κ1) is 17.8. The summed E-state index contributed by atoms with van der Waals surface area (Å²) < 4.78 is 23.1. The fraction of sp³-hybridized carbons (Fsp3) is 0.600. The van der Waals surface area contributed by atoms with Gasteiger partial charge in [0.2, 0.25) is 10.0 Å². The van der Waals surface area contributed by atoms with E-state index in [1.807, 2.05) is 0 Å². The molecule has 6 heteroatoms. The summed E-state index contributed by atoms with van der Waals surface area (Å²) in [7, 11) is -3.73. The van der Waals surface area contributed by atoms with Gasteiger partial charge in [0.1, 0.15) is 0 Å². The Morgan fingerprint density at radius 1 is 1.19 bits per heavy atom. The van der Waals surface area contributed by atoms with Crippen molar-refractivity contribution >= 4 is 21.4 Å². The third-order valence-corrected chi connectivity index (χ3v) is 4.50. The van der Waals surface area contributed by atoms with Gasteiger partial charge >= 0.3 is 0 Å². The van der Waals surface area contributed by atoms with E-state index in [1.54, 1.807) is 12.1 Å². The van der Waals surface area contributed by atoms with E-state index in [2.05, 4.69) is 32.6 Å². The molecule has 0 aliphatic heterocycles. The van der Waals surface area contributed by atoms with Gasteiger partial charge in [-0.3, -0.25) is 0 Å². The maximum Gasteiger partial charge on any atom is 0.238 e. The highest BCUT2D eigenvalue weighted by Crippen LogP contribution is 2.30. The highest BCUT2D eigenvalue weighted by atomic mass is 32.2. The Hall–Kier alpha value is -1.27. The van der Waals surface area contributed by atoms with Crippen molar-refractivity contribution in [3.05, 3.63) is 18.2 Å². The molecule has 0 heterocycles. The van der Waals surface area contributed by atoms with Crippen LogP contribution >= 0.6 is 0 Å². The number of hydrogen-bond donors (Lipinski definition) is 2. The number of sulfonamides is 1. The minimum absolute atomic E-state index is 0.103. The standard InChI is InChI=1S/C15H27N3O2S/c1-5-12(6-2)18(10-11(3)4)15-9-13(21(17,19)20)7-8-14(15)16/h7-9,11-12H,5-6,10,16H2,1-4H3,(H2,17,19,20). The number of hydrogen-bond acceptors (Lipinski definition) is 4. The molecule has 4 N–H and O–H groups in total. The molecular weight excluding hydrogens is 286 g/mol. The normalized spacial score (nSPS) is 12.1. The van der Waals surface area contributed by atoms with Gasteiger partial charge in [-0.15, -0.1) is 0 Å². The van der Waals surface area contributed by atoms with Gasteiger partial charge in [-0.25, -0.2) is 13.6 Å². The fourth-order valence-electron chi connectivity index (χ4n) is 2.52. The van der Waals surface area contributed by atoms with Crippen LogP contribution in [0.25, 0.3) is 0 Å². The van der Waals surface area contributed by atoms with Crippen LogP contribution in [0.5, 0.6) is 0 Å². The van der Waals surface area contributed by atoms with Crippen LogP contribution in [0.15, 0.2) is 23.1 Å². The van der Waals surface area contributed by atoms with Gasteiger partial charge < -0.3 is 10.6 Å². The van der Waals surface area contributed by atoms with Crippen LogP contribution in [-0.4, -0.2) is 21.0 Å². The van der Waals surface area contributed by atoms with Crippen LogP contribution in [-0.2, 0) is 10.0 Å². The molecule has 0 spiro atoms. The van der Waals surface area contributed by atoms with Gasteiger partial charge in [0.05, 0.1) is 16.3 Å². The van der Waals surface area contributed by atoms with Crippen LogP contribution in [0, 0.1) is 5.92 Å². The maximum atomic E-state index is 11.6. The Bertz CT molecular complexity index is 566. The smallest absolute Gasteiger partial charge is 0.238 e. The zero-order chi connectivity index (χ0) is 16.2. The molecule has 0 saturated heterocycles. The second kappa shape index (κ2) is 7.13. The maximum absolute atomic E-state index is 11.6. The molecule has 1 rings (SSSR count). The predicted molar refractivity (Wildman–Crippen MR) is 88.8 cm³/mol. The van der Waals surface area contributed by atoms with E-state index in [0.29, 0.717) is 17.6 Å². The quantitative estimate of drug-likeness (QED) is 0.757. The zero-order valence-corrected chi connectivity index (χ0v) is 14.2. The van der Waals surface area contributed by atoms with E-state index in [9.17, 15) is 8.42 Å². The summed E-state index contributed by atoms with van der Waals surface area (Å²) in [5.74, 6) is 0.447. The summed E-state index contributed by atoms with van der Waals surface area (Å²) in [6.45, 7) is 9.34. The Morgan fingerprint density at radius 2 is 1.76 bits per heavy atom. The Labute approximate surface area is 128 Å². The van der Waals surface area contributed by atoms with E-state index >= 15 is 0 Å². The highest BCUT2D eigenvalue weighted by molar-refractivity contribution is 7.89. The molecule has 0 amide bonds. The first-order valence-electron chi connectivity index (χ1n) is 7.39. The minimum Gasteiger partial charge on any atom is -0.397 e. The van der Waals surface area contributed by atoms with Crippen molar-refractivity contribution in [2.24, 2.45) is 11.1 Å². The topological polar surface area (TPSA) is 89.4 Å². The molecule has 0 aromatic heterocycles. The lowest BCUT2D eigenvalue weighted by Gasteiger charge is -2.35. The van der Waals surface area contributed by atoms with Crippen LogP contribution in [0.1, 0.15) is 40.5 Å². The fourth-order valence-corrected chi connectivity index (χ4v) is 3.05. The Kier molecular flexibility index (Phi) is 6.04. The van der Waals surface area contributed by atoms with Crippen LogP contribution < -0.4 is 15.8 Å². The number of nitrogens with zero attached hydrogens (tertiary/aromatic N) is 1. The molecule has 0 aliphatic carbocycles. The van der Waals surface area contributed by atoms with E-state index in [1.165, 1.54) is 6.07 Å². The van der Waals surface area contributed by atoms with E-state index < -0.39 is 10.0 Å². The van der Waals surface area contributed by atoms with Crippen molar-refractivity contribution in [1.82, 2.24) is 0 Å². The molecule has 0 radical (unpaired) electrons. The second-order valence-electron chi connectivity index (χ2n) is 5.78. The van der Waals surface area contributed by atoms with E-state index in [-0.39, 0.29) is 4.90 Å². The molecule has 0 atom stereocenters. The highest BCUT2D eigenvalue weighted by Gasteiger charge is 2.21. The third kappa shape index (κ3) is 4.61. The molecular formula is C15H27N3O2S. The van der Waals surface area contributed by atoms with Crippen molar-refractivity contribution in [2.75, 3.05) is 17.2 Å². The van der Waals surface area contributed by atoms with Crippen LogP contribution in [0.3, 0.4) is 0 Å². The van der Waals surface area contributed by atoms with Crippen molar-refractivity contribution in [1.29, 1.82) is 0 Å². The SMILES string of the molecule is CCC(CC)N(CC(C)C)c1cc(S(N)(=O)=O)ccc1N. The number of nitrogens with two attached hydrogens (primary N) is 2. The lowest BCUT2D eigenvalue weighted by molar-refractivity contribution is 0.507. The summed E-state index contributed by atoms with van der Waals surface area (Å²) in [4.78, 5) is 2.31. The van der Waals surface area contributed by atoms with Crippen molar-refractivity contribution in [3.8, 4) is 0 Å². The predicted octanol–water partition coefficient (Wildman–Crippen LogP) is 2.57. The summed E-state index contributed by atoms with van der Waals surface area (Å²) in [6.07, 6.45) is 1.95. The third-order valence-electron chi connectivity index (χ3n) is 3.58. The number of primary sulfonamides is 1. The summed E-state index contributed by atoms with van der Waals surface area (Å²) in [5, 5.41) is 5.23. The number of rotatable bonds is 7. The molecule has 0 aliphatic rings. The van der Waals surface area contributed by atoms with Gasteiger partial charge in [0.25, 0.3) is 0 Å². The first-order valence-corrected chi connectivity index (χ1v) is 8.94. The number of benzene rings is 1. The molecule has 21 heavy (non-hydrogen) atoms. The zero-order valence-electron chi connectivity index (χ0n) is 13.3. The average molecular weight is 313 g/mol. The second-order valence-corrected chi connectivity index (χ2v) is 7.34.